The Hall–Kier alpha value is -1.63. The number of alkyl halides is 3. The first kappa shape index (κ1) is 14.8. The largest absolute Gasteiger partial charge is 0.416 e. The van der Waals surface area contributed by atoms with Crippen molar-refractivity contribution in [3.05, 3.63) is 35.1 Å². The fourth-order valence-electron chi connectivity index (χ4n) is 2.37. The molecule has 0 aromatic heterocycles. The second-order valence-corrected chi connectivity index (χ2v) is 5.00. The van der Waals surface area contributed by atoms with Gasteiger partial charge in [-0.2, -0.15) is 13.2 Å². The molecule has 1 aromatic carbocycles. The van der Waals surface area contributed by atoms with Gasteiger partial charge < -0.3 is 10.6 Å². The fourth-order valence-corrected chi connectivity index (χ4v) is 2.37. The van der Waals surface area contributed by atoms with Crippen LogP contribution in [0.5, 0.6) is 0 Å². The van der Waals surface area contributed by atoms with Crippen LogP contribution in [0.15, 0.2) is 18.2 Å². The zero-order valence-electron chi connectivity index (χ0n) is 10.7. The summed E-state index contributed by atoms with van der Waals surface area (Å²) in [5.41, 5.74) is 4.84. The van der Waals surface area contributed by atoms with E-state index in [9.17, 15) is 22.4 Å². The van der Waals surface area contributed by atoms with Gasteiger partial charge in [0.1, 0.15) is 5.82 Å². The maximum Gasteiger partial charge on any atom is 0.416 e. The zero-order valence-corrected chi connectivity index (χ0v) is 10.7. The van der Waals surface area contributed by atoms with E-state index in [1.54, 1.807) is 7.05 Å². The summed E-state index contributed by atoms with van der Waals surface area (Å²) in [4.78, 5) is 12.9. The average molecular weight is 290 g/mol. The van der Waals surface area contributed by atoms with Gasteiger partial charge in [0.25, 0.3) is 0 Å². The van der Waals surface area contributed by atoms with Gasteiger partial charge in [0.05, 0.1) is 5.56 Å². The number of nitrogens with two attached hydrogens (primary N) is 1. The maximum atomic E-state index is 13.8. The van der Waals surface area contributed by atoms with E-state index < -0.39 is 23.6 Å². The highest BCUT2D eigenvalue weighted by atomic mass is 19.4. The molecule has 7 heteroatoms. The molecule has 2 atom stereocenters. The molecule has 1 fully saturated rings. The lowest BCUT2D eigenvalue weighted by atomic mass is 9.92. The number of hydrogen-bond donors (Lipinski definition) is 1. The first-order chi connectivity index (χ1) is 9.20. The van der Waals surface area contributed by atoms with E-state index in [0.717, 1.165) is 12.1 Å². The van der Waals surface area contributed by atoms with Gasteiger partial charge in [-0.1, -0.05) is 6.07 Å². The molecule has 1 aliphatic heterocycles. The zero-order chi connectivity index (χ0) is 15.1. The van der Waals surface area contributed by atoms with E-state index in [0.29, 0.717) is 12.6 Å². The lowest BCUT2D eigenvalue weighted by molar-refractivity contribution is -0.137. The topological polar surface area (TPSA) is 46.3 Å². The van der Waals surface area contributed by atoms with E-state index in [-0.39, 0.29) is 23.8 Å². The summed E-state index contributed by atoms with van der Waals surface area (Å²) in [6.07, 6.45) is -4.41. The van der Waals surface area contributed by atoms with Crippen LogP contribution >= 0.6 is 0 Å². The molecule has 110 valence electrons. The average Bonchev–Trinajstić information content (AvgIpc) is 2.67. The van der Waals surface area contributed by atoms with Crippen molar-refractivity contribution >= 4 is 5.91 Å². The van der Waals surface area contributed by atoms with Crippen LogP contribution in [-0.4, -0.2) is 24.4 Å². The van der Waals surface area contributed by atoms with Gasteiger partial charge in [0, 0.05) is 37.5 Å². The highest BCUT2D eigenvalue weighted by Gasteiger charge is 2.35. The lowest BCUT2D eigenvalue weighted by Crippen LogP contribution is -2.25. The van der Waals surface area contributed by atoms with Crippen LogP contribution in [0.25, 0.3) is 0 Å². The molecule has 0 saturated carbocycles. The third kappa shape index (κ3) is 2.77. The number of benzene rings is 1. The molecule has 1 amide bonds. The maximum absolute atomic E-state index is 13.8. The second-order valence-electron chi connectivity index (χ2n) is 5.00. The predicted octanol–water partition coefficient (Wildman–Crippen LogP) is 2.32. The number of nitrogens with zero attached hydrogens (tertiary/aromatic N) is 1. The van der Waals surface area contributed by atoms with Crippen LogP contribution < -0.4 is 5.73 Å². The van der Waals surface area contributed by atoms with Gasteiger partial charge in [0.15, 0.2) is 0 Å². The number of likely N-dealkylation sites (tertiary alicyclic amines) is 1. The summed E-state index contributed by atoms with van der Waals surface area (Å²) in [6, 6.07) is 1.49. The Labute approximate surface area is 113 Å². The van der Waals surface area contributed by atoms with Crippen LogP contribution in [0.3, 0.4) is 0 Å². The Bertz CT molecular complexity index is 530. The molecule has 1 saturated heterocycles. The summed E-state index contributed by atoms with van der Waals surface area (Å²) in [5.74, 6) is -1.38. The molecular weight excluding hydrogens is 276 g/mol. The first-order valence-corrected chi connectivity index (χ1v) is 6.06. The third-order valence-electron chi connectivity index (χ3n) is 3.57. The van der Waals surface area contributed by atoms with Crippen molar-refractivity contribution in [3.8, 4) is 0 Å². The van der Waals surface area contributed by atoms with Gasteiger partial charge in [-0.25, -0.2) is 4.39 Å². The minimum atomic E-state index is -4.59. The van der Waals surface area contributed by atoms with Crippen molar-refractivity contribution in [1.29, 1.82) is 0 Å². The molecular formula is C13H14F4N2O. The number of rotatable bonds is 2. The van der Waals surface area contributed by atoms with Crippen molar-refractivity contribution < 1.29 is 22.4 Å². The molecule has 0 radical (unpaired) electrons. The summed E-state index contributed by atoms with van der Waals surface area (Å²) in [7, 11) is 1.61. The highest BCUT2D eigenvalue weighted by Crippen LogP contribution is 2.34. The SMILES string of the molecule is CN1CC(C(N)c2ccc(C(F)(F)F)cc2F)CC1=O. The lowest BCUT2D eigenvalue weighted by Gasteiger charge is -2.20. The van der Waals surface area contributed by atoms with Gasteiger partial charge >= 0.3 is 6.18 Å². The summed E-state index contributed by atoms with van der Waals surface area (Å²) in [5, 5.41) is 0. The van der Waals surface area contributed by atoms with Crippen molar-refractivity contribution in [2.75, 3.05) is 13.6 Å². The van der Waals surface area contributed by atoms with Gasteiger partial charge in [0.2, 0.25) is 5.91 Å². The van der Waals surface area contributed by atoms with E-state index >= 15 is 0 Å². The Kier molecular flexibility index (Phi) is 3.73. The van der Waals surface area contributed by atoms with Crippen molar-refractivity contribution in [2.45, 2.75) is 18.6 Å². The van der Waals surface area contributed by atoms with Crippen LogP contribution in [0.4, 0.5) is 17.6 Å². The standard InChI is InChI=1S/C13H14F4N2O/c1-19-6-7(4-11(19)20)12(18)9-3-2-8(5-10(9)14)13(15,16)17/h2-3,5,7,12H,4,6,18H2,1H3. The normalized spacial score (nSPS) is 21.4. The number of carbonyl (C=O) groups is 1. The quantitative estimate of drug-likeness (QED) is 0.850. The van der Waals surface area contributed by atoms with E-state index in [4.69, 9.17) is 5.73 Å². The number of halogens is 4. The molecule has 1 heterocycles. The second kappa shape index (κ2) is 5.05. The molecule has 0 spiro atoms. The minimum Gasteiger partial charge on any atom is -0.345 e. The number of amides is 1. The molecule has 1 aromatic rings. The summed E-state index contributed by atoms with van der Waals surface area (Å²) < 4.78 is 51.2. The molecule has 0 bridgehead atoms. The molecule has 2 N–H and O–H groups in total. The molecule has 1 aliphatic rings. The predicted molar refractivity (Wildman–Crippen MR) is 64.1 cm³/mol. The van der Waals surface area contributed by atoms with Gasteiger partial charge in [-0.15, -0.1) is 0 Å². The molecule has 3 nitrogen and oxygen atoms in total. The Morgan fingerprint density at radius 2 is 2.05 bits per heavy atom. The highest BCUT2D eigenvalue weighted by molar-refractivity contribution is 5.78. The van der Waals surface area contributed by atoms with Crippen LogP contribution in [0.1, 0.15) is 23.6 Å². The van der Waals surface area contributed by atoms with Crippen LogP contribution in [0, 0.1) is 11.7 Å². The van der Waals surface area contributed by atoms with E-state index in [2.05, 4.69) is 0 Å². The van der Waals surface area contributed by atoms with Crippen molar-refractivity contribution in [3.63, 3.8) is 0 Å². The number of carbonyl (C=O) groups excluding carboxylic acids is 1. The molecule has 2 unspecified atom stereocenters. The fraction of sp³-hybridized carbons (Fsp3) is 0.462. The number of hydrogen-bond acceptors (Lipinski definition) is 2. The summed E-state index contributed by atoms with van der Waals surface area (Å²) in [6.45, 7) is 0.375. The van der Waals surface area contributed by atoms with Crippen LogP contribution in [0.2, 0.25) is 0 Å². The Morgan fingerprint density at radius 1 is 1.40 bits per heavy atom. The minimum absolute atomic E-state index is 0.00565. The Balaban J connectivity index is 2.23. The van der Waals surface area contributed by atoms with E-state index in [1.807, 2.05) is 0 Å². The summed E-state index contributed by atoms with van der Waals surface area (Å²) >= 11 is 0. The van der Waals surface area contributed by atoms with Gasteiger partial charge in [-0.3, -0.25) is 4.79 Å². The monoisotopic (exact) mass is 290 g/mol. The van der Waals surface area contributed by atoms with Crippen molar-refractivity contribution in [1.82, 2.24) is 4.90 Å². The van der Waals surface area contributed by atoms with Crippen molar-refractivity contribution in [2.24, 2.45) is 11.7 Å². The molecule has 20 heavy (non-hydrogen) atoms. The van der Waals surface area contributed by atoms with Gasteiger partial charge in [-0.05, 0) is 12.1 Å². The van der Waals surface area contributed by atoms with E-state index in [1.165, 1.54) is 4.90 Å². The smallest absolute Gasteiger partial charge is 0.345 e. The first-order valence-electron chi connectivity index (χ1n) is 6.06. The third-order valence-corrected chi connectivity index (χ3v) is 3.57. The van der Waals surface area contributed by atoms with Crippen LogP contribution in [-0.2, 0) is 11.0 Å². The Morgan fingerprint density at radius 3 is 2.50 bits per heavy atom. The molecule has 0 aliphatic carbocycles. The molecule has 2 rings (SSSR count).